The van der Waals surface area contributed by atoms with Gasteiger partial charge in [0.25, 0.3) is 0 Å². The first-order valence-corrected chi connectivity index (χ1v) is 10.1. The average molecular weight is 477 g/mol. The second-order valence-electron chi connectivity index (χ2n) is 6.50. The predicted octanol–water partition coefficient (Wildman–Crippen LogP) is -4.28. The molecule has 2 unspecified atom stereocenters. The van der Waals surface area contributed by atoms with Gasteiger partial charge in [-0.15, -0.1) is 0 Å². The van der Waals surface area contributed by atoms with Crippen LogP contribution in [-0.2, 0) is 9.59 Å². The lowest BCUT2D eigenvalue weighted by Gasteiger charge is -2.03. The number of aliphatic hydroxyl groups is 6. The lowest BCUT2D eigenvalue weighted by Crippen LogP contribution is -2.29. The minimum absolute atomic E-state index is 0.365. The van der Waals surface area contributed by atoms with Crippen molar-refractivity contribution in [2.45, 2.75) is 62.8 Å². The number of carbonyl (C=O) groups is 2. The molecule has 0 aliphatic rings. The Kier molecular flexibility index (Phi) is 34.9. The summed E-state index contributed by atoms with van der Waals surface area (Å²) in [4.78, 5) is 20.3. The van der Waals surface area contributed by atoms with E-state index < -0.39 is 36.2 Å². The number of rotatable bonds is 14. The molecule has 196 valence electrons. The molecule has 0 aromatic carbocycles. The first-order chi connectivity index (χ1) is 15.0. The Morgan fingerprint density at radius 2 is 0.844 bits per heavy atom. The number of hydrogen-bond donors (Lipinski definition) is 12. The van der Waals surface area contributed by atoms with E-state index in [1.54, 1.807) is 0 Å². The van der Waals surface area contributed by atoms with Gasteiger partial charge in [-0.1, -0.05) is 12.8 Å². The summed E-state index contributed by atoms with van der Waals surface area (Å²) in [5.41, 5.74) is 20.8. The summed E-state index contributed by atoms with van der Waals surface area (Å²) in [6.45, 7) is -0.251. The van der Waals surface area contributed by atoms with Crippen LogP contribution < -0.4 is 22.9 Å². The minimum atomic E-state index is -0.954. The fourth-order valence-corrected chi connectivity index (χ4v) is 1.38. The van der Waals surface area contributed by atoms with Gasteiger partial charge in [-0.25, -0.2) is 0 Å². The third-order valence-electron chi connectivity index (χ3n) is 3.42. The van der Waals surface area contributed by atoms with E-state index in [1.165, 1.54) is 0 Å². The van der Waals surface area contributed by atoms with Gasteiger partial charge < -0.3 is 63.8 Å². The van der Waals surface area contributed by atoms with E-state index in [9.17, 15) is 9.59 Å². The Balaban J connectivity index is -0.000000168. The molecule has 0 aliphatic carbocycles. The quantitative estimate of drug-likeness (QED) is 0.106. The Labute approximate surface area is 188 Å². The maximum absolute atomic E-state index is 10.1. The summed E-state index contributed by atoms with van der Waals surface area (Å²) < 4.78 is 0. The highest BCUT2D eigenvalue weighted by Gasteiger charge is 2.09. The number of hydrogen-bond acceptors (Lipinski definition) is 12. The van der Waals surface area contributed by atoms with Crippen LogP contribution in [0.25, 0.3) is 0 Å². The Hall–Kier alpha value is -1.46. The van der Waals surface area contributed by atoms with Gasteiger partial charge >= 0.3 is 11.9 Å². The molecule has 14 nitrogen and oxygen atoms in total. The number of nitrogens with two attached hydrogens (primary N) is 4. The molecule has 16 N–H and O–H groups in total. The zero-order chi connectivity index (χ0) is 25.9. The topological polar surface area (TPSA) is 300 Å². The van der Waals surface area contributed by atoms with Gasteiger partial charge in [0.15, 0.2) is 0 Å². The van der Waals surface area contributed by atoms with Crippen molar-refractivity contribution < 1.29 is 50.4 Å². The van der Waals surface area contributed by atoms with Crippen molar-refractivity contribution in [3.05, 3.63) is 0 Å². The summed E-state index contributed by atoms with van der Waals surface area (Å²) >= 11 is 0. The second kappa shape index (κ2) is 29.5. The maximum atomic E-state index is 10.1. The van der Waals surface area contributed by atoms with Crippen LogP contribution in [0.15, 0.2) is 0 Å². The van der Waals surface area contributed by atoms with Crippen molar-refractivity contribution in [2.75, 3.05) is 39.5 Å². The Bertz CT molecular complexity index is 364. The van der Waals surface area contributed by atoms with E-state index in [0.29, 0.717) is 25.9 Å². The normalized spacial score (nSPS) is 11.9. The lowest BCUT2D eigenvalue weighted by molar-refractivity contribution is -0.139. The van der Waals surface area contributed by atoms with E-state index in [4.69, 9.17) is 63.8 Å². The van der Waals surface area contributed by atoms with Crippen molar-refractivity contribution in [3.8, 4) is 0 Å². The van der Waals surface area contributed by atoms with Gasteiger partial charge in [-0.2, -0.15) is 0 Å². The summed E-state index contributed by atoms with van der Waals surface area (Å²) in [6.07, 6.45) is 2.42. The van der Waals surface area contributed by atoms with Crippen molar-refractivity contribution in [3.63, 3.8) is 0 Å². The van der Waals surface area contributed by atoms with Crippen LogP contribution in [0, 0.1) is 0 Å². The Morgan fingerprint density at radius 1 is 0.594 bits per heavy atom. The summed E-state index contributed by atoms with van der Waals surface area (Å²) in [5.74, 6) is -1.87. The van der Waals surface area contributed by atoms with Crippen LogP contribution in [-0.4, -0.2) is 117 Å². The standard InChI is InChI=1S/2C6H14N2O2.2C3H8O3/c2*7-4-2-1-3-5(8)6(9)10;2*4-1-3(6)2-5/h2*5H,1-4,7-8H2,(H,9,10);2*3-6H,1-2H2. The minimum Gasteiger partial charge on any atom is -0.480 e. The molecule has 32 heavy (non-hydrogen) atoms. The smallest absolute Gasteiger partial charge is 0.320 e. The highest BCUT2D eigenvalue weighted by Crippen LogP contribution is 1.97. The fourth-order valence-electron chi connectivity index (χ4n) is 1.38. The molecule has 0 amide bonds. The van der Waals surface area contributed by atoms with Gasteiger partial charge in [0.05, 0.1) is 26.4 Å². The van der Waals surface area contributed by atoms with E-state index in [-0.39, 0.29) is 26.4 Å². The predicted molar refractivity (Wildman–Crippen MR) is 117 cm³/mol. The number of carboxylic acids is 2. The molecule has 0 fully saturated rings. The van der Waals surface area contributed by atoms with Crippen LogP contribution in [0.3, 0.4) is 0 Å². The maximum Gasteiger partial charge on any atom is 0.320 e. The van der Waals surface area contributed by atoms with Gasteiger partial charge in [0.2, 0.25) is 0 Å². The molecule has 0 rings (SSSR count). The van der Waals surface area contributed by atoms with E-state index >= 15 is 0 Å². The summed E-state index contributed by atoms with van der Waals surface area (Å²) in [6, 6.07) is -1.43. The number of aliphatic hydroxyl groups excluding tert-OH is 6. The number of unbranched alkanes of at least 4 members (excludes halogenated alkanes) is 2. The third kappa shape index (κ3) is 35.9. The first-order valence-electron chi connectivity index (χ1n) is 10.1. The molecule has 0 spiro atoms. The zero-order valence-electron chi connectivity index (χ0n) is 18.5. The SMILES string of the molecule is NCCCCC(N)C(=O)O.NCCCCC(N)C(=O)O.OCC(O)CO.OCC(O)CO. The summed E-state index contributed by atoms with van der Waals surface area (Å²) in [7, 11) is 0. The molecule has 2 atom stereocenters. The van der Waals surface area contributed by atoms with Crippen molar-refractivity contribution in [1.82, 2.24) is 0 Å². The molecular weight excluding hydrogens is 432 g/mol. The molecule has 0 saturated heterocycles. The summed E-state index contributed by atoms with van der Waals surface area (Å²) in [5, 5.41) is 64.7. The molecule has 14 heteroatoms. The van der Waals surface area contributed by atoms with Crippen LogP contribution in [0.4, 0.5) is 0 Å². The van der Waals surface area contributed by atoms with Gasteiger partial charge in [-0.05, 0) is 38.8 Å². The molecule has 0 heterocycles. The first kappa shape index (κ1) is 37.8. The Morgan fingerprint density at radius 3 is 0.969 bits per heavy atom. The third-order valence-corrected chi connectivity index (χ3v) is 3.42. The van der Waals surface area contributed by atoms with Crippen LogP contribution in [0.1, 0.15) is 38.5 Å². The second-order valence-corrected chi connectivity index (χ2v) is 6.50. The van der Waals surface area contributed by atoms with Gasteiger partial charge in [0.1, 0.15) is 24.3 Å². The zero-order valence-corrected chi connectivity index (χ0v) is 18.5. The highest BCUT2D eigenvalue weighted by molar-refractivity contribution is 5.73. The monoisotopic (exact) mass is 476 g/mol. The van der Waals surface area contributed by atoms with E-state index in [1.807, 2.05) is 0 Å². The van der Waals surface area contributed by atoms with E-state index in [2.05, 4.69) is 0 Å². The van der Waals surface area contributed by atoms with Crippen molar-refractivity contribution in [2.24, 2.45) is 22.9 Å². The molecule has 0 radical (unpaired) electrons. The fraction of sp³-hybridized carbons (Fsp3) is 0.889. The molecule has 0 aliphatic heterocycles. The molecule has 0 saturated carbocycles. The van der Waals surface area contributed by atoms with Crippen molar-refractivity contribution in [1.29, 1.82) is 0 Å². The lowest BCUT2D eigenvalue weighted by atomic mass is 10.1. The molecular formula is C18H44N4O10. The molecule has 0 bridgehead atoms. The van der Waals surface area contributed by atoms with E-state index in [0.717, 1.165) is 25.7 Å². The van der Waals surface area contributed by atoms with Crippen LogP contribution in [0.5, 0.6) is 0 Å². The van der Waals surface area contributed by atoms with Crippen LogP contribution in [0.2, 0.25) is 0 Å². The highest BCUT2D eigenvalue weighted by atomic mass is 16.4. The molecule has 0 aromatic rings. The molecule has 0 aromatic heterocycles. The van der Waals surface area contributed by atoms with Crippen molar-refractivity contribution >= 4 is 11.9 Å². The van der Waals surface area contributed by atoms with Gasteiger partial charge in [-0.3, -0.25) is 9.59 Å². The number of carboxylic acid groups (broad SMARTS) is 2. The van der Waals surface area contributed by atoms with Crippen LogP contribution >= 0.6 is 0 Å². The average Bonchev–Trinajstić information content (AvgIpc) is 2.79. The van der Waals surface area contributed by atoms with Gasteiger partial charge in [0, 0.05) is 0 Å². The largest absolute Gasteiger partial charge is 0.480 e. The number of aliphatic carboxylic acids is 2.